The van der Waals surface area contributed by atoms with Crippen molar-refractivity contribution in [2.45, 2.75) is 50.5 Å². The molecule has 1 unspecified atom stereocenters. The number of piperidine rings is 1. The largest absolute Gasteiger partial charge is 0.484 e. The van der Waals surface area contributed by atoms with Crippen molar-refractivity contribution < 1.29 is 18.4 Å². The van der Waals surface area contributed by atoms with E-state index in [1.807, 2.05) is 6.92 Å². The van der Waals surface area contributed by atoms with Gasteiger partial charge in [0.15, 0.2) is 12.4 Å². The van der Waals surface area contributed by atoms with Crippen molar-refractivity contribution in [1.82, 2.24) is 15.0 Å². The number of hydrogen-bond donors (Lipinski definition) is 0. The smallest absolute Gasteiger partial charge is 0.261 e. The molecule has 0 N–H and O–H groups in total. The van der Waals surface area contributed by atoms with Crippen molar-refractivity contribution >= 4 is 5.91 Å². The van der Waals surface area contributed by atoms with Crippen LogP contribution in [-0.4, -0.2) is 34.1 Å². The zero-order valence-corrected chi connectivity index (χ0v) is 14.8. The monoisotopic (exact) mass is 359 g/mol. The molecule has 2 fully saturated rings. The summed E-state index contributed by atoms with van der Waals surface area (Å²) in [6.07, 6.45) is 4.91. The standard InChI is InChI=1S/C19H22FN3O3/c1-19(18-21-17(26-22-18)13-4-5-13)10-2-3-11-23(19)16(24)12-25-15-8-6-14(20)7-9-15/h6-9,13H,2-5,10-12H2,1H3. The van der Waals surface area contributed by atoms with Crippen LogP contribution in [0, 0.1) is 5.82 Å². The molecule has 1 aliphatic carbocycles. The summed E-state index contributed by atoms with van der Waals surface area (Å²) in [5, 5.41) is 4.17. The Labute approximate surface area is 151 Å². The number of ether oxygens (including phenoxy) is 1. The number of amides is 1. The highest BCUT2D eigenvalue weighted by Crippen LogP contribution is 2.41. The van der Waals surface area contributed by atoms with Gasteiger partial charge in [0, 0.05) is 12.5 Å². The molecule has 1 saturated heterocycles. The second kappa shape index (κ2) is 6.70. The molecule has 1 atom stereocenters. The summed E-state index contributed by atoms with van der Waals surface area (Å²) < 4.78 is 23.9. The molecule has 26 heavy (non-hydrogen) atoms. The molecule has 1 aromatic carbocycles. The predicted octanol–water partition coefficient (Wildman–Crippen LogP) is 3.39. The lowest BCUT2D eigenvalue weighted by Crippen LogP contribution is -2.52. The SMILES string of the molecule is CC1(c2noc(C3CC3)n2)CCCCN1C(=O)COc1ccc(F)cc1. The van der Waals surface area contributed by atoms with Gasteiger partial charge in [0.25, 0.3) is 5.91 Å². The second-order valence-corrected chi connectivity index (χ2v) is 7.25. The second-order valence-electron chi connectivity index (χ2n) is 7.25. The van der Waals surface area contributed by atoms with Crippen molar-refractivity contribution in [3.05, 3.63) is 41.8 Å². The molecule has 0 radical (unpaired) electrons. The summed E-state index contributed by atoms with van der Waals surface area (Å²) >= 11 is 0. The van der Waals surface area contributed by atoms with Gasteiger partial charge in [-0.1, -0.05) is 5.16 Å². The summed E-state index contributed by atoms with van der Waals surface area (Å²) in [6.45, 7) is 2.52. The molecular weight excluding hydrogens is 337 g/mol. The Bertz CT molecular complexity index is 788. The van der Waals surface area contributed by atoms with Crippen molar-refractivity contribution in [2.75, 3.05) is 13.2 Å². The van der Waals surface area contributed by atoms with Crippen LogP contribution >= 0.6 is 0 Å². The highest BCUT2D eigenvalue weighted by molar-refractivity contribution is 5.78. The van der Waals surface area contributed by atoms with E-state index in [2.05, 4.69) is 10.1 Å². The summed E-state index contributed by atoms with van der Waals surface area (Å²) in [4.78, 5) is 19.2. The summed E-state index contributed by atoms with van der Waals surface area (Å²) in [6, 6.07) is 5.64. The summed E-state index contributed by atoms with van der Waals surface area (Å²) in [5.74, 6) is 1.64. The molecule has 1 amide bonds. The molecular formula is C19H22FN3O3. The fourth-order valence-electron chi connectivity index (χ4n) is 3.46. The molecule has 2 heterocycles. The number of halogens is 1. The van der Waals surface area contributed by atoms with Crippen LogP contribution in [0.5, 0.6) is 5.75 Å². The zero-order chi connectivity index (χ0) is 18.1. The number of carbonyl (C=O) groups is 1. The molecule has 2 aromatic rings. The van der Waals surface area contributed by atoms with Crippen molar-refractivity contribution in [3.8, 4) is 5.75 Å². The van der Waals surface area contributed by atoms with E-state index in [9.17, 15) is 9.18 Å². The highest BCUT2D eigenvalue weighted by Gasteiger charge is 2.43. The number of rotatable bonds is 5. The first-order valence-electron chi connectivity index (χ1n) is 9.09. The van der Waals surface area contributed by atoms with Gasteiger partial charge in [0.2, 0.25) is 5.89 Å². The Morgan fingerprint density at radius 2 is 2.12 bits per heavy atom. The molecule has 6 nitrogen and oxygen atoms in total. The maximum Gasteiger partial charge on any atom is 0.261 e. The zero-order valence-electron chi connectivity index (χ0n) is 14.8. The Hall–Kier alpha value is -2.44. The number of benzene rings is 1. The topological polar surface area (TPSA) is 68.5 Å². The van der Waals surface area contributed by atoms with E-state index in [1.54, 1.807) is 4.90 Å². The normalized spacial score (nSPS) is 23.1. The van der Waals surface area contributed by atoms with Crippen LogP contribution in [0.15, 0.2) is 28.8 Å². The van der Waals surface area contributed by atoms with Gasteiger partial charge < -0.3 is 14.2 Å². The summed E-state index contributed by atoms with van der Waals surface area (Å²) in [5.41, 5.74) is -0.585. The molecule has 1 saturated carbocycles. The maximum atomic E-state index is 13.0. The predicted molar refractivity (Wildman–Crippen MR) is 91.1 cm³/mol. The third-order valence-corrected chi connectivity index (χ3v) is 5.22. The number of aromatic nitrogens is 2. The first kappa shape index (κ1) is 17.0. The van der Waals surface area contributed by atoms with Crippen LogP contribution in [0.4, 0.5) is 4.39 Å². The Morgan fingerprint density at radius 3 is 2.85 bits per heavy atom. The van der Waals surface area contributed by atoms with E-state index in [4.69, 9.17) is 9.26 Å². The maximum absolute atomic E-state index is 13.0. The van der Waals surface area contributed by atoms with E-state index in [1.165, 1.54) is 24.3 Å². The Kier molecular flexibility index (Phi) is 4.38. The fourth-order valence-corrected chi connectivity index (χ4v) is 3.46. The van der Waals surface area contributed by atoms with Crippen LogP contribution in [0.2, 0.25) is 0 Å². The number of hydrogen-bond acceptors (Lipinski definition) is 5. The van der Waals surface area contributed by atoms with Gasteiger partial charge in [0.05, 0.1) is 0 Å². The lowest BCUT2D eigenvalue weighted by molar-refractivity contribution is -0.142. The van der Waals surface area contributed by atoms with Crippen LogP contribution in [0.1, 0.15) is 56.7 Å². The number of likely N-dealkylation sites (tertiary alicyclic amines) is 1. The first-order valence-corrected chi connectivity index (χ1v) is 9.09. The first-order chi connectivity index (χ1) is 12.6. The lowest BCUT2D eigenvalue weighted by atomic mass is 9.87. The molecule has 1 aliphatic heterocycles. The van der Waals surface area contributed by atoms with Crippen molar-refractivity contribution in [3.63, 3.8) is 0 Å². The molecule has 4 rings (SSSR count). The van der Waals surface area contributed by atoms with Gasteiger partial charge in [-0.15, -0.1) is 0 Å². The van der Waals surface area contributed by atoms with Crippen LogP contribution in [0.3, 0.4) is 0 Å². The average molecular weight is 359 g/mol. The average Bonchev–Trinajstić information content (AvgIpc) is 3.37. The van der Waals surface area contributed by atoms with Gasteiger partial charge in [-0.3, -0.25) is 4.79 Å². The number of nitrogens with zero attached hydrogens (tertiary/aromatic N) is 3. The van der Waals surface area contributed by atoms with Gasteiger partial charge >= 0.3 is 0 Å². The van der Waals surface area contributed by atoms with E-state index in [0.29, 0.717) is 29.9 Å². The highest BCUT2D eigenvalue weighted by atomic mass is 19.1. The Balaban J connectivity index is 1.48. The minimum Gasteiger partial charge on any atom is -0.484 e. The van der Waals surface area contributed by atoms with Crippen LogP contribution in [0.25, 0.3) is 0 Å². The van der Waals surface area contributed by atoms with Gasteiger partial charge in [-0.05, 0) is 63.3 Å². The third kappa shape index (κ3) is 3.30. The molecule has 138 valence electrons. The minimum absolute atomic E-state index is 0.103. The fraction of sp³-hybridized carbons (Fsp3) is 0.526. The van der Waals surface area contributed by atoms with E-state index >= 15 is 0 Å². The van der Waals surface area contributed by atoms with E-state index in [0.717, 1.165) is 32.1 Å². The summed E-state index contributed by atoms with van der Waals surface area (Å²) in [7, 11) is 0. The molecule has 2 aliphatic rings. The van der Waals surface area contributed by atoms with Crippen molar-refractivity contribution in [2.24, 2.45) is 0 Å². The van der Waals surface area contributed by atoms with Gasteiger partial charge in [0.1, 0.15) is 17.1 Å². The third-order valence-electron chi connectivity index (χ3n) is 5.22. The van der Waals surface area contributed by atoms with Crippen LogP contribution in [-0.2, 0) is 10.3 Å². The van der Waals surface area contributed by atoms with Crippen LogP contribution < -0.4 is 4.74 Å². The molecule has 1 aromatic heterocycles. The Morgan fingerprint density at radius 1 is 1.35 bits per heavy atom. The van der Waals surface area contributed by atoms with E-state index < -0.39 is 5.54 Å². The quantitative estimate of drug-likeness (QED) is 0.818. The minimum atomic E-state index is -0.585. The lowest BCUT2D eigenvalue weighted by Gasteiger charge is -2.42. The molecule has 7 heteroatoms. The molecule has 0 spiro atoms. The molecule has 0 bridgehead atoms. The van der Waals surface area contributed by atoms with E-state index in [-0.39, 0.29) is 18.3 Å². The van der Waals surface area contributed by atoms with Gasteiger partial charge in [-0.25, -0.2) is 4.39 Å². The van der Waals surface area contributed by atoms with Crippen molar-refractivity contribution in [1.29, 1.82) is 0 Å². The van der Waals surface area contributed by atoms with Gasteiger partial charge in [-0.2, -0.15) is 4.98 Å². The number of carbonyl (C=O) groups excluding carboxylic acids is 1.